The van der Waals surface area contributed by atoms with Crippen molar-refractivity contribution >= 4 is 23.6 Å². The van der Waals surface area contributed by atoms with Crippen molar-refractivity contribution in [1.29, 1.82) is 0 Å². The summed E-state index contributed by atoms with van der Waals surface area (Å²) in [5.74, 6) is 2.54. The van der Waals surface area contributed by atoms with Gasteiger partial charge in [-0.15, -0.1) is 0 Å². The maximum atomic E-state index is 12.7. The molecule has 2 unspecified atom stereocenters. The van der Waals surface area contributed by atoms with Crippen LogP contribution in [0.2, 0.25) is 0 Å². The van der Waals surface area contributed by atoms with Crippen LogP contribution < -0.4 is 5.32 Å². The van der Waals surface area contributed by atoms with Crippen LogP contribution in [0, 0.1) is 5.92 Å². The van der Waals surface area contributed by atoms with Gasteiger partial charge in [0.15, 0.2) is 0 Å². The van der Waals surface area contributed by atoms with E-state index < -0.39 is 0 Å². The number of carbonyl (C=O) groups is 2. The molecule has 2 fully saturated rings. The molecule has 1 aliphatic carbocycles. The van der Waals surface area contributed by atoms with Gasteiger partial charge in [0.05, 0.1) is 0 Å². The molecule has 2 atom stereocenters. The molecule has 1 saturated heterocycles. The number of hydrogen-bond donors (Lipinski definition) is 1. The van der Waals surface area contributed by atoms with Gasteiger partial charge >= 0.3 is 0 Å². The summed E-state index contributed by atoms with van der Waals surface area (Å²) in [6.07, 6.45) is 6.50. The number of thioether (sulfide) groups is 1. The molecular formula is C16H28N2O2S. The maximum absolute atomic E-state index is 12.7. The fourth-order valence-corrected chi connectivity index (χ4v) is 4.16. The van der Waals surface area contributed by atoms with Gasteiger partial charge in [-0.3, -0.25) is 9.59 Å². The lowest BCUT2D eigenvalue weighted by atomic mass is 9.81. The highest BCUT2D eigenvalue weighted by atomic mass is 32.2. The molecule has 1 heterocycles. The molecule has 0 bridgehead atoms. The molecule has 2 rings (SSSR count). The maximum Gasteiger partial charge on any atom is 0.245 e. The van der Waals surface area contributed by atoms with Gasteiger partial charge in [0, 0.05) is 12.3 Å². The lowest BCUT2D eigenvalue weighted by Gasteiger charge is -2.43. The first-order valence-electron chi connectivity index (χ1n) is 8.37. The Bertz CT molecular complexity index is 369. The van der Waals surface area contributed by atoms with Crippen molar-refractivity contribution in [3.8, 4) is 0 Å². The van der Waals surface area contributed by atoms with E-state index in [0.717, 1.165) is 24.3 Å². The van der Waals surface area contributed by atoms with E-state index in [1.54, 1.807) is 0 Å². The second kappa shape index (κ2) is 8.06. The zero-order valence-electron chi connectivity index (χ0n) is 13.3. The van der Waals surface area contributed by atoms with Crippen LogP contribution in [-0.4, -0.2) is 46.8 Å². The van der Waals surface area contributed by atoms with Gasteiger partial charge < -0.3 is 10.2 Å². The number of nitrogens with one attached hydrogen (secondary N) is 1. The first-order chi connectivity index (χ1) is 10.2. The number of hydrogen-bond acceptors (Lipinski definition) is 3. The number of piperazine rings is 1. The van der Waals surface area contributed by atoms with E-state index >= 15 is 0 Å². The highest BCUT2D eigenvalue weighted by molar-refractivity contribution is 7.99. The van der Waals surface area contributed by atoms with Crippen molar-refractivity contribution in [2.45, 2.75) is 64.5 Å². The lowest BCUT2D eigenvalue weighted by molar-refractivity contribution is -0.151. The van der Waals surface area contributed by atoms with Gasteiger partial charge in [-0.1, -0.05) is 33.1 Å². The number of nitrogens with zero attached hydrogens (tertiary/aromatic N) is 1. The second-order valence-corrected chi connectivity index (χ2v) is 7.43. The van der Waals surface area contributed by atoms with E-state index in [2.05, 4.69) is 12.2 Å². The Labute approximate surface area is 132 Å². The van der Waals surface area contributed by atoms with Crippen molar-refractivity contribution in [2.75, 3.05) is 18.1 Å². The average molecular weight is 312 g/mol. The molecule has 2 amide bonds. The first-order valence-corrected chi connectivity index (χ1v) is 9.53. The number of carbonyl (C=O) groups excluding carboxylic acids is 2. The van der Waals surface area contributed by atoms with Gasteiger partial charge in [-0.2, -0.15) is 11.8 Å². The minimum absolute atomic E-state index is 0.0786. The van der Waals surface area contributed by atoms with Gasteiger partial charge in [-0.05, 0) is 30.9 Å². The third-order valence-electron chi connectivity index (χ3n) is 4.69. The van der Waals surface area contributed by atoms with Crippen molar-refractivity contribution in [3.05, 3.63) is 0 Å². The van der Waals surface area contributed by atoms with Gasteiger partial charge in [0.1, 0.15) is 12.1 Å². The molecule has 0 aromatic heterocycles. The fraction of sp³-hybridized carbons (Fsp3) is 0.875. The van der Waals surface area contributed by atoms with E-state index in [4.69, 9.17) is 0 Å². The molecule has 5 heteroatoms. The summed E-state index contributed by atoms with van der Waals surface area (Å²) >= 11 is 1.84. The van der Waals surface area contributed by atoms with Crippen molar-refractivity contribution in [2.24, 2.45) is 5.92 Å². The predicted molar refractivity (Wildman–Crippen MR) is 87.3 cm³/mol. The molecule has 21 heavy (non-hydrogen) atoms. The second-order valence-electron chi connectivity index (χ2n) is 6.04. The Morgan fingerprint density at radius 1 is 1.19 bits per heavy atom. The van der Waals surface area contributed by atoms with Crippen LogP contribution in [0.25, 0.3) is 0 Å². The molecule has 0 radical (unpaired) electrons. The largest absolute Gasteiger partial charge is 0.343 e. The van der Waals surface area contributed by atoms with E-state index in [1.807, 2.05) is 23.6 Å². The van der Waals surface area contributed by atoms with Gasteiger partial charge in [0.2, 0.25) is 11.8 Å². The van der Waals surface area contributed by atoms with Crippen LogP contribution in [0.5, 0.6) is 0 Å². The van der Waals surface area contributed by atoms with Crippen molar-refractivity contribution in [3.63, 3.8) is 0 Å². The third-order valence-corrected chi connectivity index (χ3v) is 5.57. The molecule has 0 aromatic rings. The van der Waals surface area contributed by atoms with Gasteiger partial charge in [-0.25, -0.2) is 0 Å². The smallest absolute Gasteiger partial charge is 0.245 e. The minimum atomic E-state index is -0.316. The average Bonchev–Trinajstić information content (AvgIpc) is 2.51. The molecular weight excluding hydrogens is 284 g/mol. The lowest BCUT2D eigenvalue weighted by Crippen LogP contribution is -2.65. The standard InChI is InChI=1S/C16H28N2O2S/c1-3-13-16(20)18(10-11-21-4-2)14(15(19)17-13)12-8-6-5-7-9-12/h12-14H,3-11H2,1-2H3,(H,17,19). The summed E-state index contributed by atoms with van der Waals surface area (Å²) in [6.45, 7) is 4.80. The normalized spacial score (nSPS) is 27.8. The van der Waals surface area contributed by atoms with E-state index in [1.165, 1.54) is 19.3 Å². The summed E-state index contributed by atoms with van der Waals surface area (Å²) in [7, 11) is 0. The summed E-state index contributed by atoms with van der Waals surface area (Å²) in [6, 6.07) is -0.540. The summed E-state index contributed by atoms with van der Waals surface area (Å²) in [5.41, 5.74) is 0. The first kappa shape index (κ1) is 16.7. The van der Waals surface area contributed by atoms with Crippen molar-refractivity contribution in [1.82, 2.24) is 10.2 Å². The Hall–Kier alpha value is -0.710. The molecule has 120 valence electrons. The minimum Gasteiger partial charge on any atom is -0.343 e. The molecule has 2 aliphatic rings. The third kappa shape index (κ3) is 3.93. The van der Waals surface area contributed by atoms with E-state index in [9.17, 15) is 9.59 Å². The Morgan fingerprint density at radius 2 is 1.90 bits per heavy atom. The Morgan fingerprint density at radius 3 is 2.52 bits per heavy atom. The summed E-state index contributed by atoms with van der Waals surface area (Å²) in [4.78, 5) is 27.1. The number of amides is 2. The quantitative estimate of drug-likeness (QED) is 0.766. The van der Waals surface area contributed by atoms with E-state index in [-0.39, 0.29) is 23.9 Å². The van der Waals surface area contributed by atoms with Crippen molar-refractivity contribution < 1.29 is 9.59 Å². The summed E-state index contributed by atoms with van der Waals surface area (Å²) in [5, 5.41) is 2.95. The zero-order chi connectivity index (χ0) is 15.2. The summed E-state index contributed by atoms with van der Waals surface area (Å²) < 4.78 is 0. The van der Waals surface area contributed by atoms with Crippen LogP contribution in [0.1, 0.15) is 52.4 Å². The molecule has 0 spiro atoms. The van der Waals surface area contributed by atoms with E-state index in [0.29, 0.717) is 18.9 Å². The van der Waals surface area contributed by atoms with Gasteiger partial charge in [0.25, 0.3) is 0 Å². The van der Waals surface area contributed by atoms with Crippen LogP contribution in [0.3, 0.4) is 0 Å². The predicted octanol–water partition coefficient (Wildman–Crippen LogP) is 2.43. The monoisotopic (exact) mass is 312 g/mol. The SMILES string of the molecule is CCSCCN1C(=O)C(CC)NC(=O)C1C1CCCCC1. The Balaban J connectivity index is 2.12. The number of rotatable bonds is 6. The molecule has 1 saturated carbocycles. The van der Waals surface area contributed by atoms with Crippen LogP contribution in [0.15, 0.2) is 0 Å². The van der Waals surface area contributed by atoms with Crippen LogP contribution in [0.4, 0.5) is 0 Å². The van der Waals surface area contributed by atoms with Crippen LogP contribution >= 0.6 is 11.8 Å². The topological polar surface area (TPSA) is 49.4 Å². The fourth-order valence-electron chi connectivity index (χ4n) is 3.55. The molecule has 0 aromatic carbocycles. The Kier molecular flexibility index (Phi) is 6.40. The zero-order valence-corrected chi connectivity index (χ0v) is 14.1. The van der Waals surface area contributed by atoms with Crippen LogP contribution in [-0.2, 0) is 9.59 Å². The molecule has 1 aliphatic heterocycles. The highest BCUT2D eigenvalue weighted by Crippen LogP contribution is 2.31. The molecule has 4 nitrogen and oxygen atoms in total. The highest BCUT2D eigenvalue weighted by Gasteiger charge is 2.43. The molecule has 1 N–H and O–H groups in total.